The van der Waals surface area contributed by atoms with Crippen LogP contribution >= 0.6 is 0 Å². The Morgan fingerprint density at radius 3 is 2.56 bits per heavy atom. The zero-order valence-corrected chi connectivity index (χ0v) is 16.4. The van der Waals surface area contributed by atoms with Crippen LogP contribution in [0.3, 0.4) is 0 Å². The highest BCUT2D eigenvalue weighted by atomic mass is 32.2. The van der Waals surface area contributed by atoms with Gasteiger partial charge in [0.05, 0.1) is 5.25 Å². The van der Waals surface area contributed by atoms with Crippen LogP contribution in [0.5, 0.6) is 0 Å². The molecule has 2 saturated carbocycles. The maximum atomic E-state index is 12.9. The molecule has 0 radical (unpaired) electrons. The van der Waals surface area contributed by atoms with Crippen molar-refractivity contribution in [3.63, 3.8) is 0 Å². The summed E-state index contributed by atoms with van der Waals surface area (Å²) in [5, 5.41) is -0.214. The minimum atomic E-state index is -3.19. The topological polar surface area (TPSA) is 46.2 Å². The van der Waals surface area contributed by atoms with Crippen molar-refractivity contribution >= 4 is 10.0 Å². The number of sulfonamides is 1. The zero-order valence-electron chi connectivity index (χ0n) is 15.5. The Morgan fingerprint density at radius 1 is 0.960 bits per heavy atom. The summed E-state index contributed by atoms with van der Waals surface area (Å²) >= 11 is 0. The van der Waals surface area contributed by atoms with E-state index in [9.17, 15) is 8.42 Å². The first-order valence-corrected chi connectivity index (χ1v) is 11.6. The van der Waals surface area contributed by atoms with Crippen LogP contribution in [0.25, 0.3) is 0 Å². The fourth-order valence-electron chi connectivity index (χ4n) is 4.67. The Balaban J connectivity index is 1.65. The third-order valence-electron chi connectivity index (χ3n) is 6.42. The van der Waals surface area contributed by atoms with Crippen molar-refractivity contribution in [3.05, 3.63) is 36.0 Å². The summed E-state index contributed by atoms with van der Waals surface area (Å²) in [6, 6.07) is 0.174. The standard InChI is InChI=1S/C21H33NO2S/c1-21(18-10-5-2-3-6-11-18)16-9-14-20(15-17-21)25(23,24)22-19-12-7-4-8-13-19/h2-3,5-6,10,19-20,22H,4,7-9,11-17H2,1H3. The maximum Gasteiger partial charge on any atom is 0.214 e. The molecule has 0 spiro atoms. The molecule has 0 bridgehead atoms. The summed E-state index contributed by atoms with van der Waals surface area (Å²) in [4.78, 5) is 0. The summed E-state index contributed by atoms with van der Waals surface area (Å²) in [6.45, 7) is 2.33. The van der Waals surface area contributed by atoms with Gasteiger partial charge in [-0.3, -0.25) is 0 Å². The molecule has 2 fully saturated rings. The predicted octanol–water partition coefficient (Wildman–Crippen LogP) is 5.02. The summed E-state index contributed by atoms with van der Waals surface area (Å²) in [5.74, 6) is 0. The number of hydrogen-bond donors (Lipinski definition) is 1. The smallest absolute Gasteiger partial charge is 0.212 e. The predicted molar refractivity (Wildman–Crippen MR) is 105 cm³/mol. The number of allylic oxidation sites excluding steroid dienone is 6. The quantitative estimate of drug-likeness (QED) is 0.713. The van der Waals surface area contributed by atoms with E-state index in [0.717, 1.165) is 64.2 Å². The summed E-state index contributed by atoms with van der Waals surface area (Å²) in [5.41, 5.74) is 1.59. The fourth-order valence-corrected chi connectivity index (χ4v) is 6.47. The van der Waals surface area contributed by atoms with Gasteiger partial charge in [0.15, 0.2) is 0 Å². The molecular formula is C21H33NO2S. The van der Waals surface area contributed by atoms with Crippen molar-refractivity contribution in [2.24, 2.45) is 5.41 Å². The molecule has 0 heterocycles. The van der Waals surface area contributed by atoms with Crippen LogP contribution in [0.15, 0.2) is 36.0 Å². The highest BCUT2D eigenvalue weighted by molar-refractivity contribution is 7.90. The Bertz CT molecular complexity index is 641. The van der Waals surface area contributed by atoms with E-state index in [2.05, 4.69) is 42.0 Å². The highest BCUT2D eigenvalue weighted by Crippen LogP contribution is 2.43. The first-order valence-electron chi connectivity index (χ1n) is 10.0. The molecule has 0 aliphatic heterocycles. The molecule has 3 rings (SSSR count). The molecule has 0 amide bonds. The van der Waals surface area contributed by atoms with Crippen molar-refractivity contribution in [3.8, 4) is 0 Å². The molecule has 140 valence electrons. The summed E-state index contributed by atoms with van der Waals surface area (Å²) in [7, 11) is -3.19. The van der Waals surface area contributed by atoms with Gasteiger partial charge in [0.1, 0.15) is 0 Å². The van der Waals surface area contributed by atoms with Gasteiger partial charge >= 0.3 is 0 Å². The average Bonchev–Trinajstić information content (AvgIpc) is 2.97. The Labute approximate surface area is 153 Å². The van der Waals surface area contributed by atoms with E-state index in [-0.39, 0.29) is 16.7 Å². The van der Waals surface area contributed by atoms with Gasteiger partial charge in [-0.1, -0.05) is 68.6 Å². The monoisotopic (exact) mass is 363 g/mol. The molecule has 0 aromatic carbocycles. The van der Waals surface area contributed by atoms with Gasteiger partial charge in [-0.25, -0.2) is 13.1 Å². The molecule has 3 aliphatic carbocycles. The molecule has 3 nitrogen and oxygen atoms in total. The highest BCUT2D eigenvalue weighted by Gasteiger charge is 2.36. The first kappa shape index (κ1) is 18.9. The van der Waals surface area contributed by atoms with E-state index in [1.807, 2.05) is 0 Å². The third-order valence-corrected chi connectivity index (χ3v) is 8.43. The second kappa shape index (κ2) is 8.22. The average molecular weight is 364 g/mol. The molecule has 0 aromatic heterocycles. The summed E-state index contributed by atoms with van der Waals surface area (Å²) < 4.78 is 28.8. The lowest BCUT2D eigenvalue weighted by Crippen LogP contribution is -2.41. The van der Waals surface area contributed by atoms with E-state index >= 15 is 0 Å². The van der Waals surface area contributed by atoms with Gasteiger partial charge in [0.2, 0.25) is 10.0 Å². The van der Waals surface area contributed by atoms with Crippen LogP contribution in [-0.2, 0) is 10.0 Å². The Hall–Kier alpha value is -0.870. The summed E-state index contributed by atoms with van der Waals surface area (Å²) in [6.07, 6.45) is 22.0. The van der Waals surface area contributed by atoms with Crippen LogP contribution < -0.4 is 4.72 Å². The van der Waals surface area contributed by atoms with Gasteiger partial charge in [0.25, 0.3) is 0 Å². The zero-order chi connectivity index (χ0) is 17.8. The first-order chi connectivity index (χ1) is 12.0. The number of nitrogens with one attached hydrogen (secondary N) is 1. The normalized spacial score (nSPS) is 32.0. The minimum absolute atomic E-state index is 0.133. The van der Waals surface area contributed by atoms with E-state index in [0.29, 0.717) is 0 Å². The van der Waals surface area contributed by atoms with Crippen molar-refractivity contribution in [1.82, 2.24) is 4.72 Å². The van der Waals surface area contributed by atoms with E-state index in [1.165, 1.54) is 12.0 Å². The molecule has 25 heavy (non-hydrogen) atoms. The Kier molecular flexibility index (Phi) is 6.21. The van der Waals surface area contributed by atoms with Crippen LogP contribution in [-0.4, -0.2) is 19.7 Å². The molecule has 0 saturated heterocycles. The maximum absolute atomic E-state index is 12.9. The second-order valence-corrected chi connectivity index (χ2v) is 10.3. The van der Waals surface area contributed by atoms with E-state index in [4.69, 9.17) is 0 Å². The van der Waals surface area contributed by atoms with Gasteiger partial charge in [-0.05, 0) is 50.4 Å². The molecule has 4 heteroatoms. The molecule has 2 unspecified atom stereocenters. The van der Waals surface area contributed by atoms with Crippen LogP contribution in [0.2, 0.25) is 0 Å². The largest absolute Gasteiger partial charge is 0.214 e. The van der Waals surface area contributed by atoms with Crippen LogP contribution in [0, 0.1) is 5.41 Å². The van der Waals surface area contributed by atoms with Crippen LogP contribution in [0.4, 0.5) is 0 Å². The molecule has 2 atom stereocenters. The van der Waals surface area contributed by atoms with Crippen molar-refractivity contribution in [2.45, 2.75) is 88.8 Å². The lowest BCUT2D eigenvalue weighted by Gasteiger charge is -2.31. The van der Waals surface area contributed by atoms with Crippen molar-refractivity contribution in [2.75, 3.05) is 0 Å². The molecule has 1 N–H and O–H groups in total. The SMILES string of the molecule is CC1(C2=CC=CC=CC2)CCCC(S(=O)(=O)NC2CCCCC2)CC1. The fraction of sp³-hybridized carbons (Fsp3) is 0.714. The van der Waals surface area contributed by atoms with Gasteiger partial charge in [-0.15, -0.1) is 0 Å². The van der Waals surface area contributed by atoms with E-state index < -0.39 is 10.0 Å². The third kappa shape index (κ3) is 4.85. The van der Waals surface area contributed by atoms with Crippen LogP contribution in [0.1, 0.15) is 77.6 Å². The van der Waals surface area contributed by atoms with E-state index in [1.54, 1.807) is 0 Å². The molecule has 3 aliphatic rings. The molecular weight excluding hydrogens is 330 g/mol. The number of rotatable bonds is 4. The van der Waals surface area contributed by atoms with Gasteiger partial charge < -0.3 is 0 Å². The minimum Gasteiger partial charge on any atom is -0.212 e. The lowest BCUT2D eigenvalue weighted by molar-refractivity contribution is 0.337. The molecule has 0 aromatic rings. The number of hydrogen-bond acceptors (Lipinski definition) is 2. The van der Waals surface area contributed by atoms with Gasteiger partial charge in [-0.2, -0.15) is 0 Å². The van der Waals surface area contributed by atoms with Gasteiger partial charge in [0, 0.05) is 6.04 Å². The van der Waals surface area contributed by atoms with Crippen molar-refractivity contribution < 1.29 is 8.42 Å². The second-order valence-electron chi connectivity index (χ2n) is 8.32. The van der Waals surface area contributed by atoms with Crippen molar-refractivity contribution in [1.29, 1.82) is 0 Å². The Morgan fingerprint density at radius 2 is 1.76 bits per heavy atom. The lowest BCUT2D eigenvalue weighted by atomic mass is 9.74.